The van der Waals surface area contributed by atoms with E-state index in [1.54, 1.807) is 0 Å². The van der Waals surface area contributed by atoms with E-state index < -0.39 is 11.9 Å². The molecule has 0 aliphatic carbocycles. The van der Waals surface area contributed by atoms with Crippen molar-refractivity contribution >= 4 is 69.0 Å². The summed E-state index contributed by atoms with van der Waals surface area (Å²) in [6.45, 7) is 5.76. The van der Waals surface area contributed by atoms with Crippen molar-refractivity contribution in [1.82, 2.24) is 34.7 Å². The number of amides is 2. The second-order valence-corrected chi connectivity index (χ2v) is 24.4. The number of fused-ring (bicyclic) bond motifs is 5. The van der Waals surface area contributed by atoms with Gasteiger partial charge in [0.2, 0.25) is 11.8 Å². The number of aromatic nitrogens is 5. The van der Waals surface area contributed by atoms with Gasteiger partial charge in [-0.15, -0.1) is 0 Å². The van der Waals surface area contributed by atoms with Gasteiger partial charge in [0.15, 0.2) is 0 Å². The third-order valence-corrected chi connectivity index (χ3v) is 18.3. The van der Waals surface area contributed by atoms with Gasteiger partial charge in [-0.05, 0) is 197 Å². The summed E-state index contributed by atoms with van der Waals surface area (Å²) < 4.78 is 5.02. The lowest BCUT2D eigenvalue weighted by molar-refractivity contribution is -0.142. The van der Waals surface area contributed by atoms with E-state index in [1.165, 1.54) is 23.8 Å². The highest BCUT2D eigenvalue weighted by Crippen LogP contribution is 2.38. The fourth-order valence-electron chi connectivity index (χ4n) is 13.4. The molecule has 0 bridgehead atoms. The number of piperidine rings is 2. The van der Waals surface area contributed by atoms with Crippen LogP contribution in [0.2, 0.25) is 0 Å². The molecule has 2 unspecified atom stereocenters. The Bertz CT molecular complexity index is 3560. The van der Waals surface area contributed by atoms with Gasteiger partial charge in [0.1, 0.15) is 17.5 Å². The zero-order valence-electron chi connectivity index (χ0n) is 51.5. The lowest BCUT2D eigenvalue weighted by atomic mass is 9.78. The number of methoxy groups -OCH3 is 1. The highest BCUT2D eigenvalue weighted by Gasteiger charge is 2.33. The number of pyridine rings is 5. The summed E-state index contributed by atoms with van der Waals surface area (Å²) in [5.74, 6) is 2.13. The van der Waals surface area contributed by atoms with Crippen molar-refractivity contribution in [3.63, 3.8) is 0 Å². The molecule has 5 N–H and O–H groups in total. The predicted octanol–water partition coefficient (Wildman–Crippen LogP) is 11.6. The Balaban J connectivity index is 0.000000158. The van der Waals surface area contributed by atoms with Gasteiger partial charge in [0, 0.05) is 105 Å². The van der Waals surface area contributed by atoms with Crippen LogP contribution < -0.4 is 16.0 Å². The number of benzene rings is 2. The Morgan fingerprint density at radius 3 is 1.30 bits per heavy atom. The average Bonchev–Trinajstić information content (AvgIpc) is 1.54. The van der Waals surface area contributed by atoms with Crippen molar-refractivity contribution < 1.29 is 38.9 Å². The van der Waals surface area contributed by atoms with Crippen molar-refractivity contribution in [3.05, 3.63) is 154 Å². The molecule has 2 aromatic carbocycles. The minimum atomic E-state index is -0.794. The van der Waals surface area contributed by atoms with E-state index in [1.807, 2.05) is 70.7 Å². The lowest BCUT2D eigenvalue weighted by Crippen LogP contribution is -2.40. The number of hydrogen-bond acceptors (Lipinski definition) is 14. The van der Waals surface area contributed by atoms with Crippen LogP contribution in [0.15, 0.2) is 109 Å². The van der Waals surface area contributed by atoms with Crippen LogP contribution >= 0.6 is 0 Å². The number of nitrogens with one attached hydrogen (secondary N) is 3. The maximum Gasteiger partial charge on any atom is 0.306 e. The first-order chi connectivity index (χ1) is 43.4. The molecule has 18 nitrogen and oxygen atoms in total. The van der Waals surface area contributed by atoms with E-state index >= 15 is 0 Å². The summed E-state index contributed by atoms with van der Waals surface area (Å²) in [4.78, 5) is 87.3. The summed E-state index contributed by atoms with van der Waals surface area (Å²) in [6.07, 6.45) is 20.1. The number of likely N-dealkylation sites (tertiary alicyclic amines) is 2. The summed E-state index contributed by atoms with van der Waals surface area (Å²) in [7, 11) is 1.44. The van der Waals surface area contributed by atoms with E-state index in [4.69, 9.17) is 19.8 Å². The number of para-hydroxylation sites is 2. The molecule has 468 valence electrons. The molecule has 2 fully saturated rings. The van der Waals surface area contributed by atoms with Gasteiger partial charge in [-0.2, -0.15) is 0 Å². The van der Waals surface area contributed by atoms with Crippen LogP contribution in [0.5, 0.6) is 0 Å². The molecule has 5 aliphatic heterocycles. The van der Waals surface area contributed by atoms with E-state index in [0.29, 0.717) is 44.7 Å². The van der Waals surface area contributed by atoms with Crippen LogP contribution in [0.1, 0.15) is 153 Å². The van der Waals surface area contributed by atoms with E-state index in [-0.39, 0.29) is 48.4 Å². The summed E-state index contributed by atoms with van der Waals surface area (Å²) in [5, 5.41) is 30.3. The smallest absolute Gasteiger partial charge is 0.306 e. The normalized spacial score (nSPS) is 16.2. The van der Waals surface area contributed by atoms with E-state index in [0.717, 1.165) is 197 Å². The Hall–Kier alpha value is -8.54. The highest BCUT2D eigenvalue weighted by molar-refractivity contribution is 5.81. The minimum Gasteiger partial charge on any atom is -0.481 e. The number of carbonyl (C=O) groups excluding carboxylic acids is 3. The molecule has 2 saturated heterocycles. The first-order valence-corrected chi connectivity index (χ1v) is 32.4. The minimum absolute atomic E-state index is 0.0329. The molecule has 89 heavy (non-hydrogen) atoms. The first kappa shape index (κ1) is 63.5. The third-order valence-electron chi connectivity index (χ3n) is 18.3. The quantitative estimate of drug-likeness (QED) is 0.0446. The molecule has 7 aromatic rings. The van der Waals surface area contributed by atoms with Gasteiger partial charge in [-0.25, -0.2) is 15.0 Å². The molecule has 10 heterocycles. The van der Waals surface area contributed by atoms with Gasteiger partial charge in [-0.3, -0.25) is 33.9 Å². The van der Waals surface area contributed by atoms with Crippen LogP contribution in [-0.4, -0.2) is 128 Å². The second-order valence-electron chi connectivity index (χ2n) is 24.4. The van der Waals surface area contributed by atoms with Crippen LogP contribution in [0.25, 0.3) is 21.8 Å². The van der Waals surface area contributed by atoms with Crippen LogP contribution in [-0.2, 0) is 67.2 Å². The number of nitrogens with zero attached hydrogens (tertiary/aromatic N) is 7. The molecule has 0 radical (unpaired) electrons. The Labute approximate surface area is 522 Å². The maximum absolute atomic E-state index is 12.9. The first-order valence-electron chi connectivity index (χ1n) is 32.4. The number of carboxylic acid groups (broad SMARTS) is 2. The summed E-state index contributed by atoms with van der Waals surface area (Å²) >= 11 is 0. The van der Waals surface area contributed by atoms with Gasteiger partial charge >= 0.3 is 17.9 Å². The average molecular weight is 1210 g/mol. The molecular formula is C71H86N10O8. The third kappa shape index (κ3) is 17.8. The van der Waals surface area contributed by atoms with Crippen molar-refractivity contribution in [2.24, 2.45) is 11.8 Å². The van der Waals surface area contributed by atoms with Crippen molar-refractivity contribution in [2.75, 3.05) is 68.9 Å². The monoisotopic (exact) mass is 1210 g/mol. The number of aliphatic carboxylic acids is 2. The zero-order valence-corrected chi connectivity index (χ0v) is 51.5. The molecule has 5 aliphatic rings. The predicted molar refractivity (Wildman–Crippen MR) is 346 cm³/mol. The SMILES string of the molecule is COC(=O)CC(c1cnc2ccccc2c1)C1CCN(C(=O)CCCc2ccc3c(n2)NCCC3)CC1.O=C(O)CC(c1cnc2ccccc2c1)C1CCN(C(=O)CCCc2ccc3c(n2)NCCC3)CC1.O=C(O)CCCc1ccc2c(n1)NCCC2. The van der Waals surface area contributed by atoms with Gasteiger partial charge in [0.05, 0.1) is 31.0 Å². The van der Waals surface area contributed by atoms with Gasteiger partial charge in [0.25, 0.3) is 0 Å². The Kier molecular flexibility index (Phi) is 22.5. The largest absolute Gasteiger partial charge is 0.481 e. The number of ether oxygens (including phenoxy) is 1. The number of rotatable bonds is 20. The molecule has 2 atom stereocenters. The van der Waals surface area contributed by atoms with Crippen LogP contribution in [0.3, 0.4) is 0 Å². The number of carboxylic acids is 2. The molecule has 12 rings (SSSR count). The number of anilines is 3. The number of aryl methyl sites for hydroxylation is 6. The summed E-state index contributed by atoms with van der Waals surface area (Å²) in [5.41, 5.74) is 10.8. The van der Waals surface area contributed by atoms with Crippen molar-refractivity contribution in [3.8, 4) is 0 Å². The Morgan fingerprint density at radius 2 is 0.910 bits per heavy atom. The van der Waals surface area contributed by atoms with Crippen molar-refractivity contribution in [1.29, 1.82) is 0 Å². The van der Waals surface area contributed by atoms with E-state index in [9.17, 15) is 29.1 Å². The molecule has 2 amide bonds. The van der Waals surface area contributed by atoms with Gasteiger partial charge < -0.3 is 40.7 Å². The fourth-order valence-corrected chi connectivity index (χ4v) is 13.4. The van der Waals surface area contributed by atoms with Crippen LogP contribution in [0.4, 0.5) is 17.5 Å². The summed E-state index contributed by atoms with van der Waals surface area (Å²) in [6, 6.07) is 32.8. The molecular weight excluding hydrogens is 1120 g/mol. The van der Waals surface area contributed by atoms with E-state index in [2.05, 4.69) is 79.4 Å². The molecule has 18 heteroatoms. The molecule has 5 aromatic heterocycles. The lowest BCUT2D eigenvalue weighted by Gasteiger charge is -2.36. The van der Waals surface area contributed by atoms with Crippen LogP contribution in [0, 0.1) is 11.8 Å². The standard InChI is InChI=1S/C30H36N4O3.C29H34N4O3.C12H16N2O2/c1-37-29(36)19-26(24-18-23-6-2-3-9-27(23)32-20-24)21-13-16-34(17-14-21)28(35)10-4-8-25-12-11-22-7-5-15-31-30(22)33-25;34-27(9-3-7-24-11-10-21-6-4-14-30-29(21)32-24)33-15-12-20(13-16-33)25(18-28(35)36)23-17-22-5-1-2-8-26(22)31-19-23;15-11(16)5-1-4-10-7-6-9-3-2-8-13-12(9)14-10/h2-3,6,9,11-12,18,20-21,26H,4-5,7-8,10,13-17,19H2,1H3,(H,31,33);1-2,5,8,10-11,17,19-20,25H,3-4,6-7,9,12-16,18H2,(H,30,32)(H,35,36);6-7H,1-5,8H2,(H,13,14)(H,15,16). The fraction of sp³-hybridized carbons (Fsp3) is 0.465. The Morgan fingerprint density at radius 1 is 0.517 bits per heavy atom. The zero-order chi connectivity index (χ0) is 61.9. The van der Waals surface area contributed by atoms with Crippen molar-refractivity contribution in [2.45, 2.75) is 147 Å². The molecule has 0 saturated carbocycles. The number of carbonyl (C=O) groups is 5. The van der Waals surface area contributed by atoms with Gasteiger partial charge in [-0.1, -0.05) is 54.6 Å². The topological polar surface area (TPSA) is 242 Å². The highest BCUT2D eigenvalue weighted by atomic mass is 16.5. The molecule has 0 spiro atoms. The number of esters is 1. The number of hydrogen-bond donors (Lipinski definition) is 5. The maximum atomic E-state index is 12.9. The second kappa shape index (κ2) is 31.6.